The molecule has 21 heavy (non-hydrogen) atoms. The van der Waals surface area contributed by atoms with E-state index in [1.54, 1.807) is 4.90 Å². The van der Waals surface area contributed by atoms with Crippen LogP contribution in [0.5, 0.6) is 0 Å². The summed E-state index contributed by atoms with van der Waals surface area (Å²) >= 11 is 0. The first-order valence-corrected chi connectivity index (χ1v) is 7.52. The third-order valence-electron chi connectivity index (χ3n) is 4.25. The molecule has 1 saturated heterocycles. The smallest absolute Gasteiger partial charge is 0.227 e. The summed E-state index contributed by atoms with van der Waals surface area (Å²) in [6.45, 7) is 8.49. The molecule has 4 heteroatoms. The number of aryl methyl sites for hydroxylation is 1. The molecule has 0 aliphatic carbocycles. The molecule has 2 amide bonds. The van der Waals surface area contributed by atoms with Gasteiger partial charge in [0.2, 0.25) is 11.8 Å². The third kappa shape index (κ3) is 3.43. The lowest BCUT2D eigenvalue weighted by molar-refractivity contribution is -0.127. The number of amides is 2. The molecular weight excluding hydrogens is 264 g/mol. The lowest BCUT2D eigenvalue weighted by atomic mass is 9.99. The number of nitrogens with one attached hydrogen (secondary N) is 1. The largest absolute Gasteiger partial charge is 0.351 e. The number of anilines is 1. The Kier molecular flexibility index (Phi) is 4.35. The van der Waals surface area contributed by atoms with Crippen LogP contribution in [0.25, 0.3) is 0 Å². The molecule has 0 bridgehead atoms. The molecule has 1 aliphatic rings. The predicted octanol–water partition coefficient (Wildman–Crippen LogP) is 2.65. The van der Waals surface area contributed by atoms with Gasteiger partial charge >= 0.3 is 0 Å². The van der Waals surface area contributed by atoms with E-state index in [9.17, 15) is 9.59 Å². The van der Waals surface area contributed by atoms with Crippen molar-refractivity contribution in [3.8, 4) is 0 Å². The summed E-state index contributed by atoms with van der Waals surface area (Å²) in [5, 5.41) is 3.04. The molecule has 1 heterocycles. The fourth-order valence-corrected chi connectivity index (χ4v) is 2.51. The maximum atomic E-state index is 12.3. The standard InChI is InChI=1S/C17H24N2O2/c1-5-17(3,4)18-16(21)13-10-15(20)19(11-13)14-9-7-6-8-12(14)2/h6-9,13H,5,10-11H2,1-4H3,(H,18,21). The van der Waals surface area contributed by atoms with Gasteiger partial charge in [-0.05, 0) is 38.8 Å². The van der Waals surface area contributed by atoms with Crippen molar-refractivity contribution in [2.75, 3.05) is 11.4 Å². The molecule has 0 saturated carbocycles. The van der Waals surface area contributed by atoms with Gasteiger partial charge in [0, 0.05) is 24.2 Å². The van der Waals surface area contributed by atoms with Crippen LogP contribution in [0.15, 0.2) is 24.3 Å². The van der Waals surface area contributed by atoms with Gasteiger partial charge in [0.05, 0.1) is 5.92 Å². The highest BCUT2D eigenvalue weighted by atomic mass is 16.2. The quantitative estimate of drug-likeness (QED) is 0.926. The first-order chi connectivity index (χ1) is 9.84. The highest BCUT2D eigenvalue weighted by Gasteiger charge is 2.36. The average Bonchev–Trinajstić information content (AvgIpc) is 2.81. The third-order valence-corrected chi connectivity index (χ3v) is 4.25. The van der Waals surface area contributed by atoms with Crippen molar-refractivity contribution in [2.24, 2.45) is 5.92 Å². The Balaban J connectivity index is 2.10. The maximum absolute atomic E-state index is 12.3. The second-order valence-corrected chi connectivity index (χ2v) is 6.42. The summed E-state index contributed by atoms with van der Waals surface area (Å²) in [4.78, 5) is 26.3. The van der Waals surface area contributed by atoms with Gasteiger partial charge in [-0.25, -0.2) is 0 Å². The molecule has 1 unspecified atom stereocenters. The van der Waals surface area contributed by atoms with Crippen LogP contribution in [-0.2, 0) is 9.59 Å². The van der Waals surface area contributed by atoms with Crippen molar-refractivity contribution < 1.29 is 9.59 Å². The Morgan fingerprint density at radius 2 is 2.05 bits per heavy atom. The van der Waals surface area contributed by atoms with E-state index in [2.05, 4.69) is 5.32 Å². The molecular formula is C17H24N2O2. The number of carbonyl (C=O) groups is 2. The van der Waals surface area contributed by atoms with Crippen molar-refractivity contribution in [3.05, 3.63) is 29.8 Å². The van der Waals surface area contributed by atoms with Crippen molar-refractivity contribution in [1.82, 2.24) is 5.32 Å². The summed E-state index contributed by atoms with van der Waals surface area (Å²) in [5.41, 5.74) is 1.74. The molecule has 1 aromatic carbocycles. The van der Waals surface area contributed by atoms with E-state index < -0.39 is 0 Å². The van der Waals surface area contributed by atoms with Crippen LogP contribution < -0.4 is 10.2 Å². The van der Waals surface area contributed by atoms with Gasteiger partial charge in [-0.15, -0.1) is 0 Å². The number of para-hydroxylation sites is 1. The highest BCUT2D eigenvalue weighted by Crippen LogP contribution is 2.28. The summed E-state index contributed by atoms with van der Waals surface area (Å²) in [6.07, 6.45) is 1.15. The normalized spacial score (nSPS) is 19.0. The van der Waals surface area contributed by atoms with E-state index in [1.165, 1.54) is 0 Å². The molecule has 1 fully saturated rings. The van der Waals surface area contributed by atoms with E-state index in [4.69, 9.17) is 0 Å². The molecule has 0 aromatic heterocycles. The van der Waals surface area contributed by atoms with E-state index in [1.807, 2.05) is 52.0 Å². The van der Waals surface area contributed by atoms with Gasteiger partial charge in [-0.2, -0.15) is 0 Å². The van der Waals surface area contributed by atoms with Crippen LogP contribution in [0.2, 0.25) is 0 Å². The molecule has 4 nitrogen and oxygen atoms in total. The summed E-state index contributed by atoms with van der Waals surface area (Å²) in [7, 11) is 0. The molecule has 1 atom stereocenters. The van der Waals surface area contributed by atoms with Crippen molar-refractivity contribution in [3.63, 3.8) is 0 Å². The Labute approximate surface area is 126 Å². The lowest BCUT2D eigenvalue weighted by Crippen LogP contribution is -2.46. The zero-order valence-electron chi connectivity index (χ0n) is 13.3. The first kappa shape index (κ1) is 15.5. The van der Waals surface area contributed by atoms with Crippen LogP contribution >= 0.6 is 0 Å². The average molecular weight is 288 g/mol. The Hall–Kier alpha value is -1.84. The van der Waals surface area contributed by atoms with Crippen LogP contribution in [0.3, 0.4) is 0 Å². The summed E-state index contributed by atoms with van der Waals surface area (Å²) in [5.74, 6) is -0.257. The minimum Gasteiger partial charge on any atom is -0.351 e. The minimum absolute atomic E-state index is 0.0220. The number of hydrogen-bond donors (Lipinski definition) is 1. The minimum atomic E-state index is -0.261. The summed E-state index contributed by atoms with van der Waals surface area (Å²) in [6, 6.07) is 7.79. The van der Waals surface area contributed by atoms with E-state index in [0.29, 0.717) is 13.0 Å². The topological polar surface area (TPSA) is 49.4 Å². The van der Waals surface area contributed by atoms with Gasteiger partial charge in [0.1, 0.15) is 0 Å². The first-order valence-electron chi connectivity index (χ1n) is 7.52. The van der Waals surface area contributed by atoms with E-state index in [-0.39, 0.29) is 23.3 Å². The van der Waals surface area contributed by atoms with Gasteiger partial charge in [-0.3, -0.25) is 9.59 Å². The number of nitrogens with zero attached hydrogens (tertiary/aromatic N) is 1. The summed E-state index contributed by atoms with van der Waals surface area (Å²) < 4.78 is 0. The monoisotopic (exact) mass is 288 g/mol. The van der Waals surface area contributed by atoms with Crippen molar-refractivity contribution >= 4 is 17.5 Å². The predicted molar refractivity (Wildman–Crippen MR) is 84.2 cm³/mol. The zero-order valence-corrected chi connectivity index (χ0v) is 13.3. The van der Waals surface area contributed by atoms with Crippen LogP contribution in [0.1, 0.15) is 39.2 Å². The van der Waals surface area contributed by atoms with Crippen LogP contribution in [-0.4, -0.2) is 23.9 Å². The highest BCUT2D eigenvalue weighted by molar-refractivity contribution is 6.00. The molecule has 114 valence electrons. The molecule has 1 aliphatic heterocycles. The van der Waals surface area contributed by atoms with E-state index in [0.717, 1.165) is 17.7 Å². The van der Waals surface area contributed by atoms with Crippen molar-refractivity contribution in [1.29, 1.82) is 0 Å². The molecule has 1 aromatic rings. The zero-order chi connectivity index (χ0) is 15.6. The Bertz CT molecular complexity index is 551. The Morgan fingerprint density at radius 1 is 1.38 bits per heavy atom. The number of carbonyl (C=O) groups excluding carboxylic acids is 2. The molecule has 2 rings (SSSR count). The van der Waals surface area contributed by atoms with Gasteiger partial charge < -0.3 is 10.2 Å². The fraction of sp³-hybridized carbons (Fsp3) is 0.529. The fourth-order valence-electron chi connectivity index (χ4n) is 2.51. The number of hydrogen-bond acceptors (Lipinski definition) is 2. The lowest BCUT2D eigenvalue weighted by Gasteiger charge is -2.26. The molecule has 0 spiro atoms. The van der Waals surface area contributed by atoms with Crippen molar-refractivity contribution in [2.45, 2.75) is 46.1 Å². The second-order valence-electron chi connectivity index (χ2n) is 6.42. The molecule has 0 radical (unpaired) electrons. The Morgan fingerprint density at radius 3 is 2.67 bits per heavy atom. The number of benzene rings is 1. The van der Waals surface area contributed by atoms with E-state index >= 15 is 0 Å². The second kappa shape index (κ2) is 5.88. The molecule has 1 N–H and O–H groups in total. The van der Waals surface area contributed by atoms with Gasteiger partial charge in [0.15, 0.2) is 0 Å². The SMILES string of the molecule is CCC(C)(C)NC(=O)C1CC(=O)N(c2ccccc2C)C1. The van der Waals surface area contributed by atoms with Gasteiger partial charge in [0.25, 0.3) is 0 Å². The number of rotatable bonds is 4. The van der Waals surface area contributed by atoms with Crippen LogP contribution in [0.4, 0.5) is 5.69 Å². The van der Waals surface area contributed by atoms with Crippen LogP contribution in [0, 0.1) is 12.8 Å². The maximum Gasteiger partial charge on any atom is 0.227 e. The van der Waals surface area contributed by atoms with Gasteiger partial charge in [-0.1, -0.05) is 25.1 Å².